The Morgan fingerprint density at radius 3 is 2.85 bits per heavy atom. The van der Waals surface area contributed by atoms with E-state index in [1.807, 2.05) is 6.07 Å². The second-order valence-corrected chi connectivity index (χ2v) is 9.51. The molecule has 1 heterocycles. The predicted octanol–water partition coefficient (Wildman–Crippen LogP) is 5.48. The van der Waals surface area contributed by atoms with Crippen LogP contribution in [0.2, 0.25) is 0 Å². The van der Waals surface area contributed by atoms with Gasteiger partial charge >= 0.3 is 5.97 Å². The number of hydrogen-bond donors (Lipinski definition) is 2. The molecule has 1 aliphatic rings. The van der Waals surface area contributed by atoms with Gasteiger partial charge in [-0.1, -0.05) is 45.4 Å². The number of ether oxygens (including phenoxy) is 1. The van der Waals surface area contributed by atoms with E-state index in [-0.39, 0.29) is 17.3 Å². The van der Waals surface area contributed by atoms with Crippen LogP contribution in [0.1, 0.15) is 52.9 Å². The number of hydrogen-bond acceptors (Lipinski definition) is 6. The number of carbonyl (C=O) groups excluding carboxylic acids is 1. The quantitative estimate of drug-likeness (QED) is 0.369. The first-order chi connectivity index (χ1) is 12.9. The molecule has 1 aliphatic heterocycles. The molecule has 0 amide bonds. The Hall–Kier alpha value is -0.920. The van der Waals surface area contributed by atoms with Crippen molar-refractivity contribution >= 4 is 35.2 Å². The Kier molecular flexibility index (Phi) is 9.26. The molecule has 1 aromatic rings. The van der Waals surface area contributed by atoms with Gasteiger partial charge in [0.2, 0.25) is 0 Å². The van der Waals surface area contributed by atoms with E-state index in [1.165, 1.54) is 37.8 Å². The Morgan fingerprint density at radius 1 is 1.41 bits per heavy atom. The third-order valence-corrected chi connectivity index (χ3v) is 6.61. The zero-order valence-corrected chi connectivity index (χ0v) is 18.3. The van der Waals surface area contributed by atoms with E-state index in [2.05, 4.69) is 36.1 Å². The average molecular weight is 415 g/mol. The molecule has 27 heavy (non-hydrogen) atoms. The minimum atomic E-state index is -0.243. The summed E-state index contributed by atoms with van der Waals surface area (Å²) in [6.45, 7) is 6.70. The van der Waals surface area contributed by atoms with Gasteiger partial charge in [-0.3, -0.25) is 10.1 Å². The van der Waals surface area contributed by atoms with E-state index in [4.69, 9.17) is 0 Å². The summed E-state index contributed by atoms with van der Waals surface area (Å²) in [4.78, 5) is 13.0. The summed E-state index contributed by atoms with van der Waals surface area (Å²) < 4.78 is 19.1. The highest BCUT2D eigenvalue weighted by atomic mass is 32.2. The van der Waals surface area contributed by atoms with Gasteiger partial charge in [-0.15, -0.1) is 11.8 Å². The molecule has 2 rings (SSSR count). The normalized spacial score (nSPS) is 16.9. The highest BCUT2D eigenvalue weighted by molar-refractivity contribution is 8.00. The lowest BCUT2D eigenvalue weighted by molar-refractivity contribution is -0.140. The molecule has 0 saturated carbocycles. The van der Waals surface area contributed by atoms with Gasteiger partial charge in [-0.2, -0.15) is 0 Å². The van der Waals surface area contributed by atoms with E-state index in [9.17, 15) is 9.18 Å². The summed E-state index contributed by atoms with van der Waals surface area (Å²) in [7, 11) is 1.38. The number of benzene rings is 1. The van der Waals surface area contributed by atoms with Crippen LogP contribution in [0.3, 0.4) is 0 Å². The zero-order chi connectivity index (χ0) is 19.8. The number of rotatable bonds is 11. The first kappa shape index (κ1) is 22.4. The molecule has 0 aliphatic carbocycles. The van der Waals surface area contributed by atoms with Gasteiger partial charge in [0.1, 0.15) is 11.3 Å². The van der Waals surface area contributed by atoms with Crippen LogP contribution in [-0.2, 0) is 9.53 Å². The van der Waals surface area contributed by atoms with Gasteiger partial charge in [0.25, 0.3) is 0 Å². The van der Waals surface area contributed by atoms with Crippen molar-refractivity contribution in [2.75, 3.05) is 18.2 Å². The number of esters is 1. The number of nitrogens with one attached hydrogen (secondary N) is 2. The predicted molar refractivity (Wildman–Crippen MR) is 113 cm³/mol. The van der Waals surface area contributed by atoms with Crippen molar-refractivity contribution in [1.82, 2.24) is 5.32 Å². The van der Waals surface area contributed by atoms with E-state index in [0.29, 0.717) is 23.9 Å². The molecular formula is C20H31FN2O2S2. The first-order valence-corrected chi connectivity index (χ1v) is 11.5. The maximum Gasteiger partial charge on any atom is 0.306 e. The van der Waals surface area contributed by atoms with Crippen LogP contribution in [0.4, 0.5) is 10.1 Å². The Balaban J connectivity index is 1.89. The number of methoxy groups -OCH3 is 1. The van der Waals surface area contributed by atoms with Crippen LogP contribution in [0.5, 0.6) is 0 Å². The number of halogens is 1. The SMILES string of the molecule is CC[C@@H](CCCC(C)C)NC1Nc2c(F)cc(SCCC(=O)OC)cc2S1. The van der Waals surface area contributed by atoms with Crippen molar-refractivity contribution in [3.63, 3.8) is 0 Å². The molecular weight excluding hydrogens is 383 g/mol. The second-order valence-electron chi connectivity index (χ2n) is 7.19. The molecule has 1 aromatic carbocycles. The number of anilines is 1. The zero-order valence-electron chi connectivity index (χ0n) is 16.6. The van der Waals surface area contributed by atoms with Gasteiger partial charge in [0.15, 0.2) is 0 Å². The summed E-state index contributed by atoms with van der Waals surface area (Å²) in [5.74, 6) is 0.832. The lowest BCUT2D eigenvalue weighted by Crippen LogP contribution is -2.39. The van der Waals surface area contributed by atoms with Crippen LogP contribution in [0.25, 0.3) is 0 Å². The Morgan fingerprint density at radius 2 is 2.19 bits per heavy atom. The number of carbonyl (C=O) groups is 1. The minimum Gasteiger partial charge on any atom is -0.469 e. The minimum absolute atomic E-state index is 0.00572. The summed E-state index contributed by atoms with van der Waals surface area (Å²) in [6.07, 6.45) is 4.97. The molecule has 0 saturated heterocycles. The molecule has 0 spiro atoms. The molecule has 0 bridgehead atoms. The van der Waals surface area contributed by atoms with E-state index < -0.39 is 0 Å². The molecule has 2 N–H and O–H groups in total. The van der Waals surface area contributed by atoms with Gasteiger partial charge in [-0.05, 0) is 30.9 Å². The van der Waals surface area contributed by atoms with Crippen LogP contribution in [0.15, 0.2) is 21.9 Å². The Labute approximate surface area is 170 Å². The van der Waals surface area contributed by atoms with Crippen molar-refractivity contribution in [3.8, 4) is 0 Å². The standard InChI is InChI=1S/C20H31FN2O2S2/c1-5-14(8-6-7-13(2)3)22-20-23-19-16(21)11-15(12-17(19)27-20)26-10-9-18(24)25-4/h11-14,20,22-23H,5-10H2,1-4H3/t14-,20?/m0/s1. The molecule has 0 fully saturated rings. The fourth-order valence-corrected chi connectivity index (χ4v) is 5.11. The first-order valence-electron chi connectivity index (χ1n) is 9.65. The highest BCUT2D eigenvalue weighted by Crippen LogP contribution is 2.42. The average Bonchev–Trinajstić information content (AvgIpc) is 3.03. The molecule has 4 nitrogen and oxygen atoms in total. The molecule has 152 valence electrons. The Bertz CT molecular complexity index is 628. The van der Waals surface area contributed by atoms with Crippen molar-refractivity contribution in [1.29, 1.82) is 0 Å². The molecule has 0 aromatic heterocycles. The second kappa shape index (κ2) is 11.2. The van der Waals surface area contributed by atoms with E-state index in [1.54, 1.807) is 11.8 Å². The van der Waals surface area contributed by atoms with Crippen LogP contribution < -0.4 is 10.6 Å². The van der Waals surface area contributed by atoms with Crippen molar-refractivity contribution < 1.29 is 13.9 Å². The molecule has 1 unspecified atom stereocenters. The van der Waals surface area contributed by atoms with Gasteiger partial charge < -0.3 is 10.1 Å². The summed E-state index contributed by atoms with van der Waals surface area (Å²) in [5.41, 5.74) is 0.570. The van der Waals surface area contributed by atoms with Crippen LogP contribution >= 0.6 is 23.5 Å². The number of thioether (sulfide) groups is 2. The van der Waals surface area contributed by atoms with Gasteiger partial charge in [0, 0.05) is 21.6 Å². The summed E-state index contributed by atoms with van der Waals surface area (Å²) in [6, 6.07) is 3.97. The summed E-state index contributed by atoms with van der Waals surface area (Å²) in [5, 5.41) is 6.89. The lowest BCUT2D eigenvalue weighted by atomic mass is 10.0. The smallest absolute Gasteiger partial charge is 0.306 e. The third-order valence-electron chi connectivity index (χ3n) is 4.56. The fourth-order valence-electron chi connectivity index (χ4n) is 2.98. The highest BCUT2D eigenvalue weighted by Gasteiger charge is 2.26. The third kappa shape index (κ3) is 7.20. The van der Waals surface area contributed by atoms with E-state index in [0.717, 1.165) is 28.6 Å². The van der Waals surface area contributed by atoms with Crippen molar-refractivity contribution in [2.45, 2.75) is 74.2 Å². The van der Waals surface area contributed by atoms with Crippen LogP contribution in [-0.4, -0.2) is 30.4 Å². The summed E-state index contributed by atoms with van der Waals surface area (Å²) >= 11 is 3.10. The molecule has 0 radical (unpaired) electrons. The largest absolute Gasteiger partial charge is 0.469 e. The lowest BCUT2D eigenvalue weighted by Gasteiger charge is -2.22. The maximum absolute atomic E-state index is 14.5. The molecule has 7 heteroatoms. The van der Waals surface area contributed by atoms with Crippen molar-refractivity contribution in [2.24, 2.45) is 5.92 Å². The number of fused-ring (bicyclic) bond motifs is 1. The van der Waals surface area contributed by atoms with Gasteiger partial charge in [-0.25, -0.2) is 4.39 Å². The monoisotopic (exact) mass is 414 g/mol. The van der Waals surface area contributed by atoms with Crippen molar-refractivity contribution in [3.05, 3.63) is 17.9 Å². The van der Waals surface area contributed by atoms with Gasteiger partial charge in [0.05, 0.1) is 19.2 Å². The van der Waals surface area contributed by atoms with E-state index >= 15 is 0 Å². The maximum atomic E-state index is 14.5. The topological polar surface area (TPSA) is 50.4 Å². The van der Waals surface area contributed by atoms with Crippen LogP contribution in [0, 0.1) is 11.7 Å². The molecule has 2 atom stereocenters. The fraction of sp³-hybridized carbons (Fsp3) is 0.650.